The van der Waals surface area contributed by atoms with E-state index in [1.54, 1.807) is 0 Å². The molecule has 0 bridgehead atoms. The maximum Gasteiger partial charge on any atom is 0.306 e. The molecule has 0 amide bonds. The summed E-state index contributed by atoms with van der Waals surface area (Å²) in [5, 5.41) is 0. The van der Waals surface area contributed by atoms with Gasteiger partial charge in [-0.05, 0) is 122 Å². The van der Waals surface area contributed by atoms with Gasteiger partial charge in [-0.15, -0.1) is 0 Å². The number of rotatable bonds is 62. The van der Waals surface area contributed by atoms with Gasteiger partial charge in [0.25, 0.3) is 0 Å². The van der Waals surface area contributed by atoms with Crippen LogP contribution in [0.1, 0.15) is 329 Å². The molecule has 0 aliphatic heterocycles. The Balaban J connectivity index is 4.30. The van der Waals surface area contributed by atoms with E-state index >= 15 is 0 Å². The van der Waals surface area contributed by atoms with Gasteiger partial charge in [0.15, 0.2) is 6.10 Å². The molecule has 0 aromatic heterocycles. The Bertz CT molecular complexity index is 1620. The van der Waals surface area contributed by atoms with E-state index in [-0.39, 0.29) is 31.1 Å². The zero-order valence-corrected chi connectivity index (χ0v) is 53.3. The zero-order chi connectivity index (χ0) is 58.5. The summed E-state index contributed by atoms with van der Waals surface area (Å²) in [6.45, 7) is 6.42. The molecule has 0 fully saturated rings. The number of ether oxygens (including phenoxy) is 3. The largest absolute Gasteiger partial charge is 0.462 e. The minimum atomic E-state index is -0.791. The molecule has 0 aliphatic rings. The second kappa shape index (κ2) is 68.6. The van der Waals surface area contributed by atoms with Gasteiger partial charge in [-0.1, -0.05) is 297 Å². The molecule has 6 nitrogen and oxygen atoms in total. The van der Waals surface area contributed by atoms with Crippen molar-refractivity contribution in [2.75, 3.05) is 13.2 Å². The van der Waals surface area contributed by atoms with Crippen LogP contribution in [0.3, 0.4) is 0 Å². The van der Waals surface area contributed by atoms with E-state index in [2.05, 4.69) is 130 Å². The van der Waals surface area contributed by atoms with Crippen LogP contribution in [0.2, 0.25) is 0 Å². The molecule has 1 atom stereocenters. The Hall–Kier alpha value is -3.93. The van der Waals surface area contributed by atoms with E-state index in [1.807, 2.05) is 0 Å². The number of hydrogen-bond acceptors (Lipinski definition) is 6. The highest BCUT2D eigenvalue weighted by molar-refractivity contribution is 5.71. The van der Waals surface area contributed by atoms with Crippen LogP contribution in [0.4, 0.5) is 0 Å². The van der Waals surface area contributed by atoms with E-state index in [0.717, 1.165) is 128 Å². The third-order valence-corrected chi connectivity index (χ3v) is 14.7. The number of carbonyl (C=O) groups excluding carboxylic acids is 3. The average molecular weight is 1130 g/mol. The van der Waals surface area contributed by atoms with Crippen molar-refractivity contribution in [2.45, 2.75) is 335 Å². The van der Waals surface area contributed by atoms with Gasteiger partial charge in [-0.25, -0.2) is 0 Å². The molecule has 0 N–H and O–H groups in total. The van der Waals surface area contributed by atoms with Gasteiger partial charge in [0, 0.05) is 19.3 Å². The molecule has 0 rings (SSSR count). The summed E-state index contributed by atoms with van der Waals surface area (Å²) in [5.74, 6) is -0.895. The van der Waals surface area contributed by atoms with Crippen molar-refractivity contribution in [3.8, 4) is 0 Å². The molecule has 0 radical (unpaired) electrons. The van der Waals surface area contributed by atoms with Gasteiger partial charge in [-0.2, -0.15) is 0 Å². The monoisotopic (exact) mass is 1120 g/mol. The first kappa shape index (κ1) is 77.1. The van der Waals surface area contributed by atoms with Crippen LogP contribution in [0, 0.1) is 0 Å². The highest BCUT2D eigenvalue weighted by Gasteiger charge is 2.19. The summed E-state index contributed by atoms with van der Waals surface area (Å²) in [6, 6.07) is 0. The SMILES string of the molecule is CC/C=C\C/C=C\C/C=C\C/C=C\CCCCCCCCCCCCCCCCCCC(=O)OCC(COC(=O)CCCCCCC/C=C\CCCCCCCC)OC(=O)CCCCCCCC/C=C\C/C=C\C/C=C\C/C=C\CC. The Morgan fingerprint density at radius 1 is 0.259 bits per heavy atom. The van der Waals surface area contributed by atoms with E-state index < -0.39 is 6.10 Å². The molecule has 0 aliphatic carbocycles. The van der Waals surface area contributed by atoms with E-state index in [9.17, 15) is 14.4 Å². The predicted molar refractivity (Wildman–Crippen MR) is 353 cm³/mol. The van der Waals surface area contributed by atoms with Crippen LogP contribution < -0.4 is 0 Å². The highest BCUT2D eigenvalue weighted by Crippen LogP contribution is 2.17. The zero-order valence-electron chi connectivity index (χ0n) is 53.3. The number of esters is 3. The molecular formula is C75H128O6. The van der Waals surface area contributed by atoms with E-state index in [0.29, 0.717) is 19.3 Å². The van der Waals surface area contributed by atoms with Crippen LogP contribution in [-0.4, -0.2) is 37.2 Å². The normalized spacial score (nSPS) is 12.8. The fourth-order valence-electron chi connectivity index (χ4n) is 9.66. The maximum absolute atomic E-state index is 12.9. The quantitative estimate of drug-likeness (QED) is 0.0261. The van der Waals surface area contributed by atoms with Crippen molar-refractivity contribution < 1.29 is 28.6 Å². The second-order valence-electron chi connectivity index (χ2n) is 22.7. The molecule has 0 spiro atoms. The Morgan fingerprint density at radius 2 is 0.481 bits per heavy atom. The number of allylic oxidation sites excluding steroid dienone is 18. The van der Waals surface area contributed by atoms with Gasteiger partial charge in [0.1, 0.15) is 13.2 Å². The molecule has 0 heterocycles. The van der Waals surface area contributed by atoms with Crippen LogP contribution in [-0.2, 0) is 28.6 Å². The summed E-state index contributed by atoms with van der Waals surface area (Å²) in [6.07, 6.45) is 93.9. The standard InChI is InChI=1S/C75H128O6/c1-4-7-10-13-16-19-22-25-28-30-32-33-34-35-36-37-38-39-40-41-43-44-47-50-53-56-59-62-65-68-74(77)80-71-72(70-79-73(76)67-64-61-58-55-52-49-46-27-24-21-18-15-12-9-6-3)81-75(78)69-66-63-60-57-54-51-48-45-42-31-29-26-23-20-17-14-11-8-5-2/h7-8,10-11,16-17,19-20,25-29,32-33,42,45-46,72H,4-6,9,12-15,18,21-24,30-31,34-41,43-44,47-71H2,1-3H3/b10-7-,11-8-,19-16-,20-17-,28-25-,29-26-,33-32-,45-42-,46-27-. The first-order chi connectivity index (χ1) is 40.0. The summed E-state index contributed by atoms with van der Waals surface area (Å²) in [4.78, 5) is 38.4. The summed E-state index contributed by atoms with van der Waals surface area (Å²) < 4.78 is 17.0. The van der Waals surface area contributed by atoms with E-state index in [1.165, 1.54) is 161 Å². The van der Waals surface area contributed by atoms with Gasteiger partial charge in [0.05, 0.1) is 0 Å². The lowest BCUT2D eigenvalue weighted by atomic mass is 10.0. The second-order valence-corrected chi connectivity index (χ2v) is 22.7. The smallest absolute Gasteiger partial charge is 0.306 e. The lowest BCUT2D eigenvalue weighted by Gasteiger charge is -2.18. The summed E-state index contributed by atoms with van der Waals surface area (Å²) >= 11 is 0. The molecular weight excluding hydrogens is 997 g/mol. The van der Waals surface area contributed by atoms with E-state index in [4.69, 9.17) is 14.2 Å². The molecule has 464 valence electrons. The lowest BCUT2D eigenvalue weighted by Crippen LogP contribution is -2.30. The minimum Gasteiger partial charge on any atom is -0.462 e. The first-order valence-electron chi connectivity index (χ1n) is 34.4. The van der Waals surface area contributed by atoms with Crippen molar-refractivity contribution in [3.63, 3.8) is 0 Å². The summed E-state index contributed by atoms with van der Waals surface area (Å²) in [5.41, 5.74) is 0. The van der Waals surface area contributed by atoms with Gasteiger partial charge in [0.2, 0.25) is 0 Å². The highest BCUT2D eigenvalue weighted by atomic mass is 16.6. The summed E-state index contributed by atoms with van der Waals surface area (Å²) in [7, 11) is 0. The first-order valence-corrected chi connectivity index (χ1v) is 34.4. The van der Waals surface area contributed by atoms with Crippen LogP contribution in [0.5, 0.6) is 0 Å². The predicted octanol–water partition coefficient (Wildman–Crippen LogP) is 23.8. The Morgan fingerprint density at radius 3 is 0.765 bits per heavy atom. The Kier molecular flexibility index (Phi) is 65.2. The topological polar surface area (TPSA) is 78.9 Å². The fourth-order valence-corrected chi connectivity index (χ4v) is 9.66. The third kappa shape index (κ3) is 66.8. The van der Waals surface area contributed by atoms with Crippen LogP contribution >= 0.6 is 0 Å². The van der Waals surface area contributed by atoms with Crippen molar-refractivity contribution in [1.29, 1.82) is 0 Å². The number of carbonyl (C=O) groups is 3. The van der Waals surface area contributed by atoms with Crippen molar-refractivity contribution >= 4 is 17.9 Å². The van der Waals surface area contributed by atoms with Gasteiger partial charge >= 0.3 is 17.9 Å². The van der Waals surface area contributed by atoms with Crippen LogP contribution in [0.15, 0.2) is 109 Å². The third-order valence-electron chi connectivity index (χ3n) is 14.7. The molecule has 0 aromatic rings. The van der Waals surface area contributed by atoms with Gasteiger partial charge < -0.3 is 14.2 Å². The van der Waals surface area contributed by atoms with Crippen molar-refractivity contribution in [1.82, 2.24) is 0 Å². The average Bonchev–Trinajstić information content (AvgIpc) is 3.47. The number of unbranched alkanes of at least 4 members (excludes halogenated alkanes) is 33. The van der Waals surface area contributed by atoms with Crippen molar-refractivity contribution in [3.05, 3.63) is 109 Å². The van der Waals surface area contributed by atoms with Crippen molar-refractivity contribution in [2.24, 2.45) is 0 Å². The molecule has 1 unspecified atom stereocenters. The van der Waals surface area contributed by atoms with Crippen LogP contribution in [0.25, 0.3) is 0 Å². The molecule has 0 aromatic carbocycles. The molecule has 0 saturated heterocycles. The minimum absolute atomic E-state index is 0.0850. The fraction of sp³-hybridized carbons (Fsp3) is 0.720. The molecule has 81 heavy (non-hydrogen) atoms. The molecule has 6 heteroatoms. The lowest BCUT2D eigenvalue weighted by molar-refractivity contribution is -0.167. The maximum atomic E-state index is 12.9. The van der Waals surface area contributed by atoms with Gasteiger partial charge in [-0.3, -0.25) is 14.4 Å². The number of hydrogen-bond donors (Lipinski definition) is 0. The molecule has 0 saturated carbocycles. The Labute approximate surface area is 501 Å².